The standard InChI is InChI=1S/C14H11FN4O2/c15-10-2-1-8-5-9(7-16-11(8)6-10)14-17-12(18-19-14)3-4-13(20)21/h1-2,5-7H,3-4H2,(H,20,21)(H,17,18,19). The van der Waals surface area contributed by atoms with Gasteiger partial charge in [0.2, 0.25) is 0 Å². The topological polar surface area (TPSA) is 91.8 Å². The Bertz CT molecular complexity index is 816. The third-order valence-electron chi connectivity index (χ3n) is 3.01. The molecule has 0 saturated carbocycles. The Hall–Kier alpha value is -2.83. The largest absolute Gasteiger partial charge is 0.481 e. The Morgan fingerprint density at radius 2 is 2.19 bits per heavy atom. The second-order valence-electron chi connectivity index (χ2n) is 4.56. The summed E-state index contributed by atoms with van der Waals surface area (Å²) in [6.45, 7) is 0. The molecule has 0 aliphatic rings. The van der Waals surface area contributed by atoms with E-state index < -0.39 is 5.97 Å². The van der Waals surface area contributed by atoms with Crippen molar-refractivity contribution in [3.63, 3.8) is 0 Å². The molecule has 0 amide bonds. The van der Waals surface area contributed by atoms with Gasteiger partial charge >= 0.3 is 5.97 Å². The number of pyridine rings is 1. The Morgan fingerprint density at radius 3 is 3.00 bits per heavy atom. The monoisotopic (exact) mass is 286 g/mol. The lowest BCUT2D eigenvalue weighted by molar-refractivity contribution is -0.137. The summed E-state index contributed by atoms with van der Waals surface area (Å²) in [7, 11) is 0. The number of carbonyl (C=O) groups is 1. The van der Waals surface area contributed by atoms with E-state index in [0.717, 1.165) is 5.39 Å². The first-order valence-electron chi connectivity index (χ1n) is 6.30. The number of carboxylic acid groups (broad SMARTS) is 1. The highest BCUT2D eigenvalue weighted by Gasteiger charge is 2.09. The van der Waals surface area contributed by atoms with Crippen molar-refractivity contribution in [2.24, 2.45) is 0 Å². The second kappa shape index (κ2) is 5.28. The maximum absolute atomic E-state index is 13.1. The fraction of sp³-hybridized carbons (Fsp3) is 0.143. The molecule has 2 N–H and O–H groups in total. The number of aromatic nitrogens is 4. The van der Waals surface area contributed by atoms with Crippen LogP contribution in [0.4, 0.5) is 4.39 Å². The number of fused-ring (bicyclic) bond motifs is 1. The summed E-state index contributed by atoms with van der Waals surface area (Å²) >= 11 is 0. The van der Waals surface area contributed by atoms with Crippen molar-refractivity contribution in [1.29, 1.82) is 0 Å². The van der Waals surface area contributed by atoms with Crippen LogP contribution >= 0.6 is 0 Å². The number of halogens is 1. The molecule has 3 rings (SSSR count). The van der Waals surface area contributed by atoms with E-state index in [9.17, 15) is 9.18 Å². The smallest absolute Gasteiger partial charge is 0.303 e. The van der Waals surface area contributed by atoms with Crippen LogP contribution < -0.4 is 0 Å². The van der Waals surface area contributed by atoms with Gasteiger partial charge in [-0.25, -0.2) is 9.37 Å². The molecule has 0 unspecified atom stereocenters. The van der Waals surface area contributed by atoms with Gasteiger partial charge in [0.05, 0.1) is 11.9 Å². The minimum atomic E-state index is -0.887. The molecule has 106 valence electrons. The van der Waals surface area contributed by atoms with Gasteiger partial charge < -0.3 is 5.11 Å². The third kappa shape index (κ3) is 2.86. The minimum absolute atomic E-state index is 0.0100. The highest BCUT2D eigenvalue weighted by molar-refractivity contribution is 5.82. The minimum Gasteiger partial charge on any atom is -0.481 e. The van der Waals surface area contributed by atoms with Gasteiger partial charge in [-0.2, -0.15) is 5.10 Å². The Morgan fingerprint density at radius 1 is 1.33 bits per heavy atom. The summed E-state index contributed by atoms with van der Waals surface area (Å²) in [5, 5.41) is 16.2. The first-order chi connectivity index (χ1) is 10.1. The number of benzene rings is 1. The number of rotatable bonds is 4. The lowest BCUT2D eigenvalue weighted by atomic mass is 10.1. The van der Waals surface area contributed by atoms with Gasteiger partial charge in [-0.05, 0) is 18.2 Å². The van der Waals surface area contributed by atoms with Crippen LogP contribution in [-0.4, -0.2) is 31.2 Å². The molecule has 0 bridgehead atoms. The molecular formula is C14H11FN4O2. The molecule has 0 spiro atoms. The van der Waals surface area contributed by atoms with Gasteiger partial charge in [0.25, 0.3) is 0 Å². The average molecular weight is 286 g/mol. The van der Waals surface area contributed by atoms with Crippen molar-refractivity contribution in [3.8, 4) is 11.4 Å². The summed E-state index contributed by atoms with van der Waals surface area (Å²) in [6, 6.07) is 6.17. The number of carboxylic acids is 1. The zero-order chi connectivity index (χ0) is 14.8. The number of aryl methyl sites for hydroxylation is 1. The molecular weight excluding hydrogens is 275 g/mol. The molecule has 0 aliphatic carbocycles. The Kier molecular flexibility index (Phi) is 3.31. The molecule has 0 aliphatic heterocycles. The first-order valence-corrected chi connectivity index (χ1v) is 6.30. The zero-order valence-electron chi connectivity index (χ0n) is 10.9. The first kappa shape index (κ1) is 13.2. The molecule has 0 saturated heterocycles. The number of aromatic amines is 1. The number of nitrogens with zero attached hydrogens (tertiary/aromatic N) is 3. The maximum Gasteiger partial charge on any atom is 0.303 e. The fourth-order valence-corrected chi connectivity index (χ4v) is 1.98. The van der Waals surface area contributed by atoms with Crippen molar-refractivity contribution < 1.29 is 14.3 Å². The van der Waals surface area contributed by atoms with E-state index in [1.807, 2.05) is 6.07 Å². The lowest BCUT2D eigenvalue weighted by Crippen LogP contribution is -1.98. The lowest BCUT2D eigenvalue weighted by Gasteiger charge is -1.99. The van der Waals surface area contributed by atoms with Gasteiger partial charge in [0.15, 0.2) is 5.82 Å². The summed E-state index contributed by atoms with van der Waals surface area (Å²) < 4.78 is 13.1. The molecule has 3 aromatic rings. The van der Waals surface area contributed by atoms with Gasteiger partial charge in [0, 0.05) is 29.6 Å². The van der Waals surface area contributed by atoms with Crippen LogP contribution in [0, 0.1) is 5.82 Å². The normalized spacial score (nSPS) is 10.9. The summed E-state index contributed by atoms with van der Waals surface area (Å²) in [6.07, 6.45) is 1.84. The number of nitrogens with one attached hydrogen (secondary N) is 1. The van der Waals surface area contributed by atoms with Crippen LogP contribution in [0.5, 0.6) is 0 Å². The SMILES string of the molecule is O=C(O)CCc1nc(-c2cnc3cc(F)ccc3c2)n[nH]1. The van der Waals surface area contributed by atoms with E-state index in [2.05, 4.69) is 20.2 Å². The molecule has 7 heteroatoms. The van der Waals surface area contributed by atoms with E-state index in [1.54, 1.807) is 12.3 Å². The number of hydrogen-bond donors (Lipinski definition) is 2. The predicted molar refractivity (Wildman–Crippen MR) is 73.0 cm³/mol. The van der Waals surface area contributed by atoms with Crippen molar-refractivity contribution in [3.05, 3.63) is 42.1 Å². The van der Waals surface area contributed by atoms with Gasteiger partial charge in [-0.15, -0.1) is 0 Å². The average Bonchev–Trinajstić information content (AvgIpc) is 2.93. The Labute approximate surface area is 118 Å². The number of H-pyrrole nitrogens is 1. The number of hydrogen-bond acceptors (Lipinski definition) is 4. The van der Waals surface area contributed by atoms with Crippen molar-refractivity contribution in [2.75, 3.05) is 0 Å². The summed E-state index contributed by atoms with van der Waals surface area (Å²) in [4.78, 5) is 18.9. The van der Waals surface area contributed by atoms with Crippen LogP contribution in [0.1, 0.15) is 12.2 Å². The molecule has 1 aromatic carbocycles. The quantitative estimate of drug-likeness (QED) is 0.767. The highest BCUT2D eigenvalue weighted by Crippen LogP contribution is 2.20. The van der Waals surface area contributed by atoms with E-state index in [1.165, 1.54) is 12.1 Å². The van der Waals surface area contributed by atoms with Gasteiger partial charge in [0.1, 0.15) is 11.6 Å². The van der Waals surface area contributed by atoms with Crippen LogP contribution in [0.25, 0.3) is 22.3 Å². The Balaban J connectivity index is 1.89. The number of aliphatic carboxylic acids is 1. The zero-order valence-corrected chi connectivity index (χ0v) is 10.9. The molecule has 6 nitrogen and oxygen atoms in total. The third-order valence-corrected chi connectivity index (χ3v) is 3.01. The van der Waals surface area contributed by atoms with E-state index >= 15 is 0 Å². The van der Waals surface area contributed by atoms with E-state index in [-0.39, 0.29) is 18.7 Å². The molecule has 2 aromatic heterocycles. The van der Waals surface area contributed by atoms with E-state index in [4.69, 9.17) is 5.11 Å². The van der Waals surface area contributed by atoms with Gasteiger partial charge in [-0.1, -0.05) is 0 Å². The predicted octanol–water partition coefficient (Wildman–Crippen LogP) is 2.18. The molecule has 0 fully saturated rings. The second-order valence-corrected chi connectivity index (χ2v) is 4.56. The maximum atomic E-state index is 13.1. The molecule has 2 heterocycles. The van der Waals surface area contributed by atoms with Crippen molar-refractivity contribution >= 4 is 16.9 Å². The highest BCUT2D eigenvalue weighted by atomic mass is 19.1. The van der Waals surface area contributed by atoms with Crippen LogP contribution in [0.2, 0.25) is 0 Å². The van der Waals surface area contributed by atoms with Crippen LogP contribution in [0.15, 0.2) is 30.5 Å². The molecule has 0 atom stereocenters. The van der Waals surface area contributed by atoms with Crippen LogP contribution in [-0.2, 0) is 11.2 Å². The van der Waals surface area contributed by atoms with Crippen LogP contribution in [0.3, 0.4) is 0 Å². The summed E-state index contributed by atoms with van der Waals surface area (Å²) in [5.41, 5.74) is 1.24. The van der Waals surface area contributed by atoms with Gasteiger partial charge in [-0.3, -0.25) is 14.9 Å². The van der Waals surface area contributed by atoms with Crippen molar-refractivity contribution in [2.45, 2.75) is 12.8 Å². The fourth-order valence-electron chi connectivity index (χ4n) is 1.98. The van der Waals surface area contributed by atoms with Crippen molar-refractivity contribution in [1.82, 2.24) is 20.2 Å². The summed E-state index contributed by atoms with van der Waals surface area (Å²) in [5.74, 6) is -0.278. The van der Waals surface area contributed by atoms with E-state index in [0.29, 0.717) is 22.7 Å². The molecule has 21 heavy (non-hydrogen) atoms. The molecule has 0 radical (unpaired) electrons.